The number of carbonyl (C=O) groups is 3. The number of likely N-dealkylation sites (tertiary alicyclic amines) is 1. The maximum atomic E-state index is 13.4. The van der Waals surface area contributed by atoms with E-state index in [1.54, 1.807) is 20.8 Å². The summed E-state index contributed by atoms with van der Waals surface area (Å²) < 4.78 is 59.1. The third-order valence-corrected chi connectivity index (χ3v) is 6.17. The average Bonchev–Trinajstić information content (AvgIpc) is 3.20. The Bertz CT molecular complexity index is 1010. The molecule has 2 aliphatic rings. The quantitative estimate of drug-likeness (QED) is 0.671. The number of carbonyl (C=O) groups excluding carboxylic acids is 3. The highest BCUT2D eigenvalue weighted by molar-refractivity contribution is 7.81. The molecule has 1 aromatic carbocycles. The van der Waals surface area contributed by atoms with Crippen LogP contribution in [0.1, 0.15) is 44.7 Å². The first-order valence-corrected chi connectivity index (χ1v) is 11.6. The normalized spacial score (nSPS) is 21.6. The lowest BCUT2D eigenvalue weighted by Gasteiger charge is -2.39. The minimum Gasteiger partial charge on any atom is -0.444 e. The predicted octanol–water partition coefficient (Wildman–Crippen LogP) is 2.39. The van der Waals surface area contributed by atoms with Crippen LogP contribution in [-0.4, -0.2) is 61.7 Å². The third kappa shape index (κ3) is 5.80. The zero-order chi connectivity index (χ0) is 25.4. The molecule has 34 heavy (non-hydrogen) atoms. The Balaban J connectivity index is 1.92. The molecule has 0 radical (unpaired) electrons. The molecule has 0 aromatic heterocycles. The molecule has 1 aromatic rings. The van der Waals surface area contributed by atoms with Gasteiger partial charge in [-0.25, -0.2) is 9.00 Å². The molecule has 3 rings (SSSR count). The van der Waals surface area contributed by atoms with Crippen LogP contribution in [-0.2, 0) is 38.4 Å². The number of benzene rings is 1. The van der Waals surface area contributed by atoms with E-state index in [0.29, 0.717) is 30.5 Å². The number of nitrogens with two attached hydrogens (primary N) is 1. The van der Waals surface area contributed by atoms with Gasteiger partial charge in [-0.2, -0.15) is 13.2 Å². The fraction of sp³-hybridized carbons (Fsp3) is 0.571. The van der Waals surface area contributed by atoms with Crippen LogP contribution >= 0.6 is 0 Å². The molecule has 3 amide bonds. The van der Waals surface area contributed by atoms with Crippen molar-refractivity contribution in [1.29, 1.82) is 0 Å². The molecule has 2 N–H and O–H groups in total. The zero-order valence-corrected chi connectivity index (χ0v) is 19.7. The van der Waals surface area contributed by atoms with Gasteiger partial charge in [0.1, 0.15) is 23.4 Å². The van der Waals surface area contributed by atoms with Gasteiger partial charge in [0.05, 0.1) is 6.54 Å². The van der Waals surface area contributed by atoms with Gasteiger partial charge in [0.2, 0.25) is 11.8 Å². The molecule has 13 heteroatoms. The largest absolute Gasteiger partial charge is 0.508 e. The van der Waals surface area contributed by atoms with E-state index >= 15 is 0 Å². The van der Waals surface area contributed by atoms with Crippen LogP contribution in [0.3, 0.4) is 0 Å². The summed E-state index contributed by atoms with van der Waals surface area (Å²) in [6.45, 7) is 5.12. The van der Waals surface area contributed by atoms with Crippen molar-refractivity contribution in [3.8, 4) is 5.75 Å². The Hall–Kier alpha value is -2.83. The summed E-state index contributed by atoms with van der Waals surface area (Å²) in [4.78, 5) is 40.7. The molecular weight excluding hydrogens is 479 g/mol. The van der Waals surface area contributed by atoms with Crippen molar-refractivity contribution in [1.82, 2.24) is 9.80 Å². The maximum absolute atomic E-state index is 13.4. The Morgan fingerprint density at radius 1 is 1.09 bits per heavy atom. The first kappa shape index (κ1) is 25.8. The Kier molecular flexibility index (Phi) is 7.15. The first-order valence-electron chi connectivity index (χ1n) is 10.6. The summed E-state index contributed by atoms with van der Waals surface area (Å²) in [7, 11) is 0. The predicted molar refractivity (Wildman–Crippen MR) is 114 cm³/mol. The number of ether oxygens (including phenoxy) is 1. The smallest absolute Gasteiger partial charge is 0.444 e. The molecule has 1 saturated heterocycles. The van der Waals surface area contributed by atoms with Gasteiger partial charge >= 0.3 is 22.7 Å². The summed E-state index contributed by atoms with van der Waals surface area (Å²) in [5.41, 5.74) is 0.526. The van der Waals surface area contributed by atoms with Gasteiger partial charge < -0.3 is 19.6 Å². The molecule has 0 saturated carbocycles. The highest BCUT2D eigenvalue weighted by Gasteiger charge is 2.43. The van der Waals surface area contributed by atoms with Gasteiger partial charge in [-0.05, 0) is 56.9 Å². The standard InChI is InChI=1S/C21H26F3N3O6S/c1-20(2,3)32-19(30)27-11-13-9-14(33-34(31)21(22,23)24)7-6-12(13)10-16(27)18(29)26-8-4-5-15(26)17(25)28/h6-7,9,15-16H,4-5,8,10-11H2,1-3H3,(H2,25,28)/t15-,16-,34?/m0/s1. The minimum absolute atomic E-state index is 0.0397. The summed E-state index contributed by atoms with van der Waals surface area (Å²) in [6.07, 6.45) is 0.259. The molecule has 3 atom stereocenters. The summed E-state index contributed by atoms with van der Waals surface area (Å²) in [5.74, 6) is -1.39. The van der Waals surface area contributed by atoms with Crippen LogP contribution in [0.4, 0.5) is 18.0 Å². The summed E-state index contributed by atoms with van der Waals surface area (Å²) >= 11 is -3.55. The molecule has 2 heterocycles. The molecule has 1 fully saturated rings. The molecule has 0 spiro atoms. The van der Waals surface area contributed by atoms with Gasteiger partial charge in [0, 0.05) is 13.0 Å². The van der Waals surface area contributed by atoms with Crippen molar-refractivity contribution in [3.05, 3.63) is 29.3 Å². The monoisotopic (exact) mass is 505 g/mol. The van der Waals surface area contributed by atoms with Crippen LogP contribution in [0.25, 0.3) is 0 Å². The molecule has 0 aliphatic carbocycles. The molecule has 2 aliphatic heterocycles. The second kappa shape index (κ2) is 9.43. The lowest BCUT2D eigenvalue weighted by atomic mass is 9.93. The lowest BCUT2D eigenvalue weighted by molar-refractivity contribution is -0.142. The van der Waals surface area contributed by atoms with Crippen molar-refractivity contribution in [2.75, 3.05) is 6.54 Å². The van der Waals surface area contributed by atoms with E-state index in [-0.39, 0.29) is 18.7 Å². The fourth-order valence-corrected chi connectivity index (χ4v) is 4.37. The third-order valence-electron chi connectivity index (χ3n) is 5.45. The van der Waals surface area contributed by atoms with Crippen molar-refractivity contribution in [3.63, 3.8) is 0 Å². The number of fused-ring (bicyclic) bond motifs is 1. The van der Waals surface area contributed by atoms with E-state index in [0.717, 1.165) is 0 Å². The van der Waals surface area contributed by atoms with Crippen LogP contribution < -0.4 is 9.92 Å². The second-order valence-corrected chi connectivity index (χ2v) is 10.2. The number of halogens is 3. The van der Waals surface area contributed by atoms with E-state index in [9.17, 15) is 31.8 Å². The van der Waals surface area contributed by atoms with Gasteiger partial charge in [-0.3, -0.25) is 14.5 Å². The van der Waals surface area contributed by atoms with Gasteiger partial charge in [0.15, 0.2) is 0 Å². The molecular formula is C21H26F3N3O6S. The number of amides is 3. The number of primary amides is 1. The summed E-state index contributed by atoms with van der Waals surface area (Å²) in [5, 5.41) is 0. The molecule has 9 nitrogen and oxygen atoms in total. The maximum Gasteiger partial charge on any atom is 0.508 e. The second-order valence-electron chi connectivity index (χ2n) is 9.11. The lowest BCUT2D eigenvalue weighted by Crippen LogP contribution is -2.56. The Morgan fingerprint density at radius 2 is 1.76 bits per heavy atom. The van der Waals surface area contributed by atoms with E-state index in [1.807, 2.05) is 0 Å². The number of alkyl halides is 3. The van der Waals surface area contributed by atoms with Crippen LogP contribution in [0.15, 0.2) is 18.2 Å². The number of nitrogens with zero attached hydrogens (tertiary/aromatic N) is 2. The average molecular weight is 506 g/mol. The number of rotatable bonds is 4. The zero-order valence-electron chi connectivity index (χ0n) is 18.9. The number of hydrogen-bond donors (Lipinski definition) is 1. The SMILES string of the molecule is CC(C)(C)OC(=O)N1Cc2cc(OS(=O)C(F)(F)F)ccc2C[C@H]1C(=O)N1CCC[C@H]1C(N)=O. The molecule has 1 unspecified atom stereocenters. The van der Waals surface area contributed by atoms with Gasteiger partial charge in [-0.15, -0.1) is 0 Å². The molecule has 0 bridgehead atoms. The van der Waals surface area contributed by atoms with Gasteiger partial charge in [-0.1, -0.05) is 6.07 Å². The van der Waals surface area contributed by atoms with E-state index in [2.05, 4.69) is 4.18 Å². The van der Waals surface area contributed by atoms with Crippen LogP contribution in [0, 0.1) is 0 Å². The highest BCUT2D eigenvalue weighted by Crippen LogP contribution is 2.32. The van der Waals surface area contributed by atoms with Gasteiger partial charge in [0.25, 0.3) is 0 Å². The van der Waals surface area contributed by atoms with Crippen molar-refractivity contribution < 1.29 is 40.7 Å². The van der Waals surface area contributed by atoms with E-state index in [4.69, 9.17) is 10.5 Å². The van der Waals surface area contributed by atoms with Crippen LogP contribution in [0.5, 0.6) is 5.75 Å². The van der Waals surface area contributed by atoms with E-state index in [1.165, 1.54) is 28.0 Å². The fourth-order valence-electron chi connectivity index (χ4n) is 4.00. The van der Waals surface area contributed by atoms with Crippen molar-refractivity contribution in [2.24, 2.45) is 5.73 Å². The highest BCUT2D eigenvalue weighted by atomic mass is 32.2. The summed E-state index contributed by atoms with van der Waals surface area (Å²) in [6, 6.07) is 2.15. The topological polar surface area (TPSA) is 119 Å². The number of hydrogen-bond acceptors (Lipinski definition) is 6. The van der Waals surface area contributed by atoms with Crippen molar-refractivity contribution >= 4 is 29.0 Å². The van der Waals surface area contributed by atoms with Crippen LogP contribution in [0.2, 0.25) is 0 Å². The Morgan fingerprint density at radius 3 is 2.35 bits per heavy atom. The van der Waals surface area contributed by atoms with Crippen molar-refractivity contribution in [2.45, 2.75) is 69.8 Å². The Labute approximate surface area is 197 Å². The van der Waals surface area contributed by atoms with E-state index < -0.39 is 52.2 Å². The first-order chi connectivity index (χ1) is 15.7. The minimum atomic E-state index is -5.05. The molecule has 188 valence electrons.